The standard InChI is InChI=1S/C14H18/c1-2-3-4-5-6-7-8-9-10-11-14-12-13-14/h1,11H,3-5,8-10,12-13H2. The van der Waals surface area contributed by atoms with E-state index < -0.39 is 0 Å². The second-order valence-electron chi connectivity index (χ2n) is 3.67. The maximum absolute atomic E-state index is 5.14. The van der Waals surface area contributed by atoms with Gasteiger partial charge in [-0.05, 0) is 32.1 Å². The van der Waals surface area contributed by atoms with Crippen molar-refractivity contribution >= 4 is 0 Å². The normalized spacial score (nSPS) is 12.6. The van der Waals surface area contributed by atoms with Crippen molar-refractivity contribution in [3.05, 3.63) is 11.6 Å². The van der Waals surface area contributed by atoms with Crippen LogP contribution in [-0.2, 0) is 0 Å². The summed E-state index contributed by atoms with van der Waals surface area (Å²) in [5.41, 5.74) is 1.65. The Balaban J connectivity index is 1.86. The highest BCUT2D eigenvalue weighted by Gasteiger charge is 2.08. The number of hydrogen-bond donors (Lipinski definition) is 0. The molecule has 14 heavy (non-hydrogen) atoms. The Bertz CT molecular complexity index is 271. The number of hydrogen-bond acceptors (Lipinski definition) is 0. The Labute approximate surface area is 87.8 Å². The molecule has 1 aliphatic carbocycles. The van der Waals surface area contributed by atoms with Crippen LogP contribution < -0.4 is 0 Å². The second-order valence-corrected chi connectivity index (χ2v) is 3.67. The zero-order chi connectivity index (χ0) is 10.1. The number of rotatable bonds is 5. The lowest BCUT2D eigenvalue weighted by atomic mass is 10.2. The molecule has 1 fully saturated rings. The van der Waals surface area contributed by atoms with Gasteiger partial charge in [0.25, 0.3) is 0 Å². The van der Waals surface area contributed by atoms with Crippen LogP contribution >= 0.6 is 0 Å². The van der Waals surface area contributed by atoms with Crippen LogP contribution in [0.25, 0.3) is 0 Å². The lowest BCUT2D eigenvalue weighted by Gasteiger charge is -1.87. The molecule has 0 bridgehead atoms. The molecule has 74 valence electrons. The molecular formula is C14H18. The van der Waals surface area contributed by atoms with E-state index >= 15 is 0 Å². The molecule has 0 N–H and O–H groups in total. The van der Waals surface area contributed by atoms with Crippen LogP contribution in [0.2, 0.25) is 0 Å². The van der Waals surface area contributed by atoms with E-state index in [1.165, 1.54) is 25.7 Å². The Morgan fingerprint density at radius 3 is 2.43 bits per heavy atom. The molecule has 0 aliphatic heterocycles. The lowest BCUT2D eigenvalue weighted by molar-refractivity contribution is 0.874. The molecule has 0 spiro atoms. The van der Waals surface area contributed by atoms with Gasteiger partial charge in [-0.15, -0.1) is 24.2 Å². The molecule has 0 amide bonds. The van der Waals surface area contributed by atoms with E-state index in [0.29, 0.717) is 0 Å². The topological polar surface area (TPSA) is 0 Å². The summed E-state index contributed by atoms with van der Waals surface area (Å²) in [7, 11) is 0. The van der Waals surface area contributed by atoms with Gasteiger partial charge in [0.1, 0.15) is 0 Å². The summed E-state index contributed by atoms with van der Waals surface area (Å²) in [5, 5.41) is 0. The first-order chi connectivity index (χ1) is 6.93. The smallest absolute Gasteiger partial charge is 0.00977 e. The summed E-state index contributed by atoms with van der Waals surface area (Å²) in [4.78, 5) is 0. The lowest BCUT2D eigenvalue weighted by Crippen LogP contribution is -1.72. The Morgan fingerprint density at radius 1 is 1.07 bits per heavy atom. The van der Waals surface area contributed by atoms with Gasteiger partial charge in [0, 0.05) is 19.3 Å². The van der Waals surface area contributed by atoms with Crippen molar-refractivity contribution in [2.45, 2.75) is 51.4 Å². The molecule has 0 saturated heterocycles. The molecule has 0 aromatic carbocycles. The summed E-state index contributed by atoms with van der Waals surface area (Å²) in [6.45, 7) is 0. The molecule has 0 heterocycles. The van der Waals surface area contributed by atoms with E-state index in [1.807, 2.05) is 0 Å². The molecule has 1 saturated carbocycles. The molecule has 0 aromatic rings. The van der Waals surface area contributed by atoms with Gasteiger partial charge in [-0.1, -0.05) is 11.6 Å². The third kappa shape index (κ3) is 6.38. The highest BCUT2D eigenvalue weighted by molar-refractivity contribution is 5.16. The van der Waals surface area contributed by atoms with Crippen molar-refractivity contribution in [3.8, 4) is 24.2 Å². The third-order valence-corrected chi connectivity index (χ3v) is 2.23. The fourth-order valence-corrected chi connectivity index (χ4v) is 1.23. The first-order valence-corrected chi connectivity index (χ1v) is 5.50. The van der Waals surface area contributed by atoms with Crippen molar-refractivity contribution in [2.24, 2.45) is 0 Å². The number of terminal acetylenes is 1. The maximum atomic E-state index is 5.14. The highest BCUT2D eigenvalue weighted by atomic mass is 14.1. The SMILES string of the molecule is C#CCCCC#CCCCC=C1CC1. The van der Waals surface area contributed by atoms with E-state index in [-0.39, 0.29) is 0 Å². The predicted octanol–water partition coefficient (Wildman–Crippen LogP) is 3.68. The maximum Gasteiger partial charge on any atom is 0.00977 e. The molecular weight excluding hydrogens is 168 g/mol. The molecule has 0 radical (unpaired) electrons. The summed E-state index contributed by atoms with van der Waals surface area (Å²) >= 11 is 0. The summed E-state index contributed by atoms with van der Waals surface area (Å²) in [6.07, 6.45) is 16.6. The minimum Gasteiger partial charge on any atom is -0.120 e. The number of allylic oxidation sites excluding steroid dienone is 2. The second kappa shape index (κ2) is 7.28. The van der Waals surface area contributed by atoms with Crippen LogP contribution in [0.5, 0.6) is 0 Å². The first kappa shape index (κ1) is 10.9. The molecule has 1 rings (SSSR count). The van der Waals surface area contributed by atoms with Crippen LogP contribution in [0.15, 0.2) is 11.6 Å². The van der Waals surface area contributed by atoms with Gasteiger partial charge in [0.05, 0.1) is 0 Å². The quantitative estimate of drug-likeness (QED) is 0.349. The van der Waals surface area contributed by atoms with Gasteiger partial charge in [-0.2, -0.15) is 0 Å². The van der Waals surface area contributed by atoms with Crippen LogP contribution in [0.1, 0.15) is 51.4 Å². The van der Waals surface area contributed by atoms with Crippen molar-refractivity contribution in [3.63, 3.8) is 0 Å². The molecule has 0 heteroatoms. The molecule has 0 atom stereocenters. The average molecular weight is 186 g/mol. The Morgan fingerprint density at radius 2 is 1.79 bits per heavy atom. The minimum atomic E-state index is 0.862. The van der Waals surface area contributed by atoms with Crippen molar-refractivity contribution in [1.82, 2.24) is 0 Å². The third-order valence-electron chi connectivity index (χ3n) is 2.23. The predicted molar refractivity (Wildman–Crippen MR) is 61.6 cm³/mol. The molecule has 0 unspecified atom stereocenters. The summed E-state index contributed by atoms with van der Waals surface area (Å²) in [5.74, 6) is 8.97. The first-order valence-electron chi connectivity index (χ1n) is 5.50. The van der Waals surface area contributed by atoms with Crippen LogP contribution in [-0.4, -0.2) is 0 Å². The van der Waals surface area contributed by atoms with E-state index in [2.05, 4.69) is 23.8 Å². The van der Waals surface area contributed by atoms with Crippen LogP contribution in [0, 0.1) is 24.2 Å². The van der Waals surface area contributed by atoms with Crippen LogP contribution in [0.4, 0.5) is 0 Å². The minimum absolute atomic E-state index is 0.862. The fourth-order valence-electron chi connectivity index (χ4n) is 1.23. The van der Waals surface area contributed by atoms with Crippen LogP contribution in [0.3, 0.4) is 0 Å². The van der Waals surface area contributed by atoms with E-state index in [4.69, 9.17) is 6.42 Å². The summed E-state index contributed by atoms with van der Waals surface area (Å²) < 4.78 is 0. The molecule has 0 aromatic heterocycles. The zero-order valence-electron chi connectivity index (χ0n) is 8.81. The van der Waals surface area contributed by atoms with Crippen molar-refractivity contribution in [1.29, 1.82) is 0 Å². The highest BCUT2D eigenvalue weighted by Crippen LogP contribution is 2.28. The van der Waals surface area contributed by atoms with E-state index in [0.717, 1.165) is 25.7 Å². The molecule has 1 aliphatic rings. The van der Waals surface area contributed by atoms with Gasteiger partial charge in [0.2, 0.25) is 0 Å². The monoisotopic (exact) mass is 186 g/mol. The van der Waals surface area contributed by atoms with Gasteiger partial charge >= 0.3 is 0 Å². The Hall–Kier alpha value is -1.14. The number of unbranched alkanes of at least 4 members (excludes halogenated alkanes) is 4. The largest absolute Gasteiger partial charge is 0.120 e. The fraction of sp³-hybridized carbons (Fsp3) is 0.571. The van der Waals surface area contributed by atoms with Gasteiger partial charge < -0.3 is 0 Å². The Kier molecular flexibility index (Phi) is 5.69. The molecule has 0 nitrogen and oxygen atoms in total. The van der Waals surface area contributed by atoms with Gasteiger partial charge in [-0.3, -0.25) is 0 Å². The van der Waals surface area contributed by atoms with E-state index in [1.54, 1.807) is 5.57 Å². The van der Waals surface area contributed by atoms with Gasteiger partial charge in [0.15, 0.2) is 0 Å². The summed E-state index contributed by atoms with van der Waals surface area (Å²) in [6, 6.07) is 0. The van der Waals surface area contributed by atoms with Gasteiger partial charge in [-0.25, -0.2) is 0 Å². The van der Waals surface area contributed by atoms with Crippen molar-refractivity contribution in [2.75, 3.05) is 0 Å². The average Bonchev–Trinajstić information content (AvgIpc) is 2.99. The van der Waals surface area contributed by atoms with E-state index in [9.17, 15) is 0 Å². The van der Waals surface area contributed by atoms with Crippen molar-refractivity contribution < 1.29 is 0 Å². The zero-order valence-corrected chi connectivity index (χ0v) is 8.81.